The van der Waals surface area contributed by atoms with Gasteiger partial charge in [-0.1, -0.05) is 23.8 Å². The van der Waals surface area contributed by atoms with Gasteiger partial charge in [-0.15, -0.1) is 0 Å². The lowest BCUT2D eigenvalue weighted by Gasteiger charge is -2.06. The van der Waals surface area contributed by atoms with Gasteiger partial charge in [0.25, 0.3) is 0 Å². The lowest BCUT2D eigenvalue weighted by atomic mass is 10.1. The molecular formula is C13H13N3O. The minimum atomic E-state index is 0.213. The Morgan fingerprint density at radius 2 is 2.06 bits per heavy atom. The molecule has 4 heteroatoms. The Kier molecular flexibility index (Phi) is 2.87. The van der Waals surface area contributed by atoms with Crippen molar-refractivity contribution in [3.8, 4) is 11.4 Å². The molecule has 1 aromatic carbocycles. The summed E-state index contributed by atoms with van der Waals surface area (Å²) in [5.74, 6) is 0.760. The molecule has 2 N–H and O–H groups in total. The zero-order chi connectivity index (χ0) is 12.4. The third-order valence-electron chi connectivity index (χ3n) is 2.60. The molecule has 0 saturated carbocycles. The minimum Gasteiger partial charge on any atom is -0.383 e. The maximum absolute atomic E-state index is 10.6. The zero-order valence-corrected chi connectivity index (χ0v) is 9.77. The molecule has 0 saturated heterocycles. The van der Waals surface area contributed by atoms with Crippen LogP contribution >= 0.6 is 0 Å². The molecule has 0 bridgehead atoms. The molecule has 0 radical (unpaired) electrons. The Labute approximate surface area is 99.5 Å². The standard InChI is InChI=1S/C13H13N3O/c1-8-3-4-11(9(2)5-8)13-15-6-10(7-17)12(14)16-13/h3-7H,1-2H3,(H2,14,15,16). The molecule has 0 fully saturated rings. The highest BCUT2D eigenvalue weighted by atomic mass is 16.1. The third-order valence-corrected chi connectivity index (χ3v) is 2.60. The summed E-state index contributed by atoms with van der Waals surface area (Å²) in [6.45, 7) is 4.02. The van der Waals surface area contributed by atoms with Crippen LogP contribution < -0.4 is 5.73 Å². The first-order chi connectivity index (χ1) is 8.11. The van der Waals surface area contributed by atoms with Crippen molar-refractivity contribution in [3.63, 3.8) is 0 Å². The summed E-state index contributed by atoms with van der Waals surface area (Å²) in [6.07, 6.45) is 2.10. The smallest absolute Gasteiger partial charge is 0.161 e. The van der Waals surface area contributed by atoms with E-state index in [2.05, 4.69) is 16.0 Å². The van der Waals surface area contributed by atoms with E-state index in [9.17, 15) is 4.79 Å². The monoisotopic (exact) mass is 227 g/mol. The lowest BCUT2D eigenvalue weighted by Crippen LogP contribution is -2.01. The zero-order valence-electron chi connectivity index (χ0n) is 9.77. The number of anilines is 1. The molecule has 17 heavy (non-hydrogen) atoms. The fourth-order valence-electron chi connectivity index (χ4n) is 1.69. The van der Waals surface area contributed by atoms with Crippen LogP contribution in [0.1, 0.15) is 21.5 Å². The van der Waals surface area contributed by atoms with Crippen LogP contribution in [0.5, 0.6) is 0 Å². The molecule has 0 aliphatic carbocycles. The van der Waals surface area contributed by atoms with Crippen LogP contribution in [0.3, 0.4) is 0 Å². The number of carbonyl (C=O) groups excluding carboxylic acids is 1. The number of benzene rings is 1. The second-order valence-corrected chi connectivity index (χ2v) is 3.97. The van der Waals surface area contributed by atoms with E-state index in [4.69, 9.17) is 5.73 Å². The molecule has 86 valence electrons. The van der Waals surface area contributed by atoms with Crippen molar-refractivity contribution in [3.05, 3.63) is 41.1 Å². The Bertz CT molecular complexity index is 579. The summed E-state index contributed by atoms with van der Waals surface area (Å²) >= 11 is 0. The number of aryl methyl sites for hydroxylation is 2. The molecule has 1 aromatic heterocycles. The summed E-state index contributed by atoms with van der Waals surface area (Å²) in [5, 5.41) is 0. The van der Waals surface area contributed by atoms with Gasteiger partial charge in [-0.3, -0.25) is 4.79 Å². The van der Waals surface area contributed by atoms with Crippen LogP contribution in [0.15, 0.2) is 24.4 Å². The number of nitrogens with zero attached hydrogens (tertiary/aromatic N) is 2. The Morgan fingerprint density at radius 1 is 1.29 bits per heavy atom. The molecular weight excluding hydrogens is 214 g/mol. The number of aldehydes is 1. The topological polar surface area (TPSA) is 68.9 Å². The average molecular weight is 227 g/mol. The van der Waals surface area contributed by atoms with Crippen molar-refractivity contribution < 1.29 is 4.79 Å². The highest BCUT2D eigenvalue weighted by Gasteiger charge is 2.07. The normalized spacial score (nSPS) is 10.2. The Balaban J connectivity index is 2.53. The molecule has 1 heterocycles. The van der Waals surface area contributed by atoms with Crippen molar-refractivity contribution in [2.45, 2.75) is 13.8 Å². The van der Waals surface area contributed by atoms with Crippen molar-refractivity contribution in [1.82, 2.24) is 9.97 Å². The molecule has 0 aliphatic rings. The van der Waals surface area contributed by atoms with Gasteiger partial charge in [-0.2, -0.15) is 0 Å². The minimum absolute atomic E-state index is 0.213. The second-order valence-electron chi connectivity index (χ2n) is 3.97. The number of aromatic nitrogens is 2. The molecule has 0 unspecified atom stereocenters. The van der Waals surface area contributed by atoms with Gasteiger partial charge in [0, 0.05) is 11.8 Å². The lowest BCUT2D eigenvalue weighted by molar-refractivity contribution is 0.112. The van der Waals surface area contributed by atoms with Crippen LogP contribution in [0.25, 0.3) is 11.4 Å². The molecule has 0 aliphatic heterocycles. The summed E-state index contributed by atoms with van der Waals surface area (Å²) in [4.78, 5) is 18.9. The highest BCUT2D eigenvalue weighted by Crippen LogP contribution is 2.21. The number of nitrogens with two attached hydrogens (primary N) is 1. The number of hydrogen-bond donors (Lipinski definition) is 1. The van der Waals surface area contributed by atoms with E-state index in [1.54, 1.807) is 0 Å². The van der Waals surface area contributed by atoms with E-state index in [1.165, 1.54) is 11.8 Å². The predicted octanol–water partition coefficient (Wildman–Crippen LogP) is 2.16. The van der Waals surface area contributed by atoms with Gasteiger partial charge in [0.15, 0.2) is 12.1 Å². The van der Waals surface area contributed by atoms with Crippen molar-refractivity contribution in [1.29, 1.82) is 0 Å². The molecule has 2 rings (SSSR count). The quantitative estimate of drug-likeness (QED) is 0.798. The van der Waals surface area contributed by atoms with E-state index in [1.807, 2.05) is 26.0 Å². The fourth-order valence-corrected chi connectivity index (χ4v) is 1.69. The first-order valence-corrected chi connectivity index (χ1v) is 5.27. The van der Waals surface area contributed by atoms with Crippen LogP contribution in [0.4, 0.5) is 5.82 Å². The first-order valence-electron chi connectivity index (χ1n) is 5.27. The van der Waals surface area contributed by atoms with Crippen molar-refractivity contribution >= 4 is 12.1 Å². The largest absolute Gasteiger partial charge is 0.383 e. The van der Waals surface area contributed by atoms with Crippen LogP contribution in [-0.4, -0.2) is 16.3 Å². The Morgan fingerprint density at radius 3 is 2.65 bits per heavy atom. The summed E-state index contributed by atoms with van der Waals surface area (Å²) < 4.78 is 0. The van der Waals surface area contributed by atoms with Crippen LogP contribution in [0.2, 0.25) is 0 Å². The molecule has 2 aromatic rings. The van der Waals surface area contributed by atoms with Gasteiger partial charge < -0.3 is 5.73 Å². The van der Waals surface area contributed by atoms with Crippen molar-refractivity contribution in [2.75, 3.05) is 5.73 Å². The summed E-state index contributed by atoms with van der Waals surface area (Å²) in [7, 11) is 0. The molecule has 0 atom stereocenters. The van der Waals surface area contributed by atoms with Gasteiger partial charge in [0.05, 0.1) is 5.56 Å². The maximum Gasteiger partial charge on any atom is 0.161 e. The van der Waals surface area contributed by atoms with Gasteiger partial charge in [-0.25, -0.2) is 9.97 Å². The van der Waals surface area contributed by atoms with Crippen LogP contribution in [0, 0.1) is 13.8 Å². The van der Waals surface area contributed by atoms with Gasteiger partial charge >= 0.3 is 0 Å². The van der Waals surface area contributed by atoms with Crippen LogP contribution in [-0.2, 0) is 0 Å². The number of hydrogen-bond acceptors (Lipinski definition) is 4. The molecule has 0 amide bonds. The SMILES string of the molecule is Cc1ccc(-c2ncc(C=O)c(N)n2)c(C)c1. The third kappa shape index (κ3) is 2.15. The summed E-state index contributed by atoms with van der Waals surface area (Å²) in [6, 6.07) is 6.01. The van der Waals surface area contributed by atoms with E-state index in [0.717, 1.165) is 11.1 Å². The van der Waals surface area contributed by atoms with Crippen molar-refractivity contribution in [2.24, 2.45) is 0 Å². The first kappa shape index (κ1) is 11.3. The second kappa shape index (κ2) is 4.33. The van der Waals surface area contributed by atoms with E-state index in [-0.39, 0.29) is 5.82 Å². The average Bonchev–Trinajstić information content (AvgIpc) is 2.29. The van der Waals surface area contributed by atoms with Gasteiger partial charge in [0.2, 0.25) is 0 Å². The summed E-state index contributed by atoms with van der Waals surface area (Å²) in [5.41, 5.74) is 9.19. The highest BCUT2D eigenvalue weighted by molar-refractivity contribution is 5.81. The van der Waals surface area contributed by atoms with E-state index in [0.29, 0.717) is 17.7 Å². The fraction of sp³-hybridized carbons (Fsp3) is 0.154. The Hall–Kier alpha value is -2.23. The van der Waals surface area contributed by atoms with E-state index < -0.39 is 0 Å². The number of nitrogen functional groups attached to an aromatic ring is 1. The number of rotatable bonds is 2. The van der Waals surface area contributed by atoms with Gasteiger partial charge in [-0.05, 0) is 19.4 Å². The van der Waals surface area contributed by atoms with E-state index >= 15 is 0 Å². The molecule has 0 spiro atoms. The predicted molar refractivity (Wildman–Crippen MR) is 66.7 cm³/mol. The maximum atomic E-state index is 10.6. The molecule has 4 nitrogen and oxygen atoms in total. The van der Waals surface area contributed by atoms with Gasteiger partial charge in [0.1, 0.15) is 5.82 Å². The number of carbonyl (C=O) groups is 1.